The van der Waals surface area contributed by atoms with E-state index in [1.807, 2.05) is 6.07 Å². The minimum Gasteiger partial charge on any atom is -0.381 e. The Balaban J connectivity index is 1.95. The summed E-state index contributed by atoms with van der Waals surface area (Å²) < 4.78 is 19.0. The van der Waals surface area contributed by atoms with Crippen LogP contribution in [-0.2, 0) is 11.2 Å². The first kappa shape index (κ1) is 15.7. The smallest absolute Gasteiger partial charge is 0.142 e. The summed E-state index contributed by atoms with van der Waals surface area (Å²) in [6.45, 7) is 4.89. The Morgan fingerprint density at radius 3 is 3.00 bits per heavy atom. The topological polar surface area (TPSA) is 21.3 Å². The summed E-state index contributed by atoms with van der Waals surface area (Å²) in [5, 5.41) is 3.76. The predicted molar refractivity (Wildman–Crippen MR) is 80.7 cm³/mol. The number of benzene rings is 1. The zero-order valence-electron chi connectivity index (χ0n) is 12.0. The van der Waals surface area contributed by atoms with Crippen molar-refractivity contribution in [2.75, 3.05) is 19.8 Å². The van der Waals surface area contributed by atoms with E-state index in [1.54, 1.807) is 12.1 Å². The zero-order valence-corrected chi connectivity index (χ0v) is 12.8. The van der Waals surface area contributed by atoms with Gasteiger partial charge in [0.25, 0.3) is 0 Å². The molecule has 1 aromatic rings. The number of ether oxygens (including phenoxy) is 1. The highest BCUT2D eigenvalue weighted by molar-refractivity contribution is 6.30. The minimum atomic E-state index is -0.331. The van der Waals surface area contributed by atoms with Crippen LogP contribution in [0.3, 0.4) is 0 Å². The summed E-state index contributed by atoms with van der Waals surface area (Å²) in [6, 6.07) is 5.48. The van der Waals surface area contributed by atoms with Crippen molar-refractivity contribution in [1.82, 2.24) is 5.32 Å². The summed E-state index contributed by atoms with van der Waals surface area (Å²) in [6.07, 6.45) is 4.17. The maximum Gasteiger partial charge on any atom is 0.142 e. The molecular weight excluding hydrogens is 277 g/mol. The zero-order chi connectivity index (χ0) is 14.4. The van der Waals surface area contributed by atoms with Crippen molar-refractivity contribution in [2.24, 2.45) is 5.92 Å². The Bertz CT molecular complexity index is 421. The average molecular weight is 300 g/mol. The summed E-state index contributed by atoms with van der Waals surface area (Å²) in [7, 11) is 0. The lowest BCUT2D eigenvalue weighted by Crippen LogP contribution is -2.34. The van der Waals surface area contributed by atoms with Gasteiger partial charge in [-0.2, -0.15) is 0 Å². The van der Waals surface area contributed by atoms with Gasteiger partial charge in [-0.1, -0.05) is 24.6 Å². The minimum absolute atomic E-state index is 0.191. The van der Waals surface area contributed by atoms with Crippen LogP contribution in [0.1, 0.15) is 31.7 Å². The van der Waals surface area contributed by atoms with Gasteiger partial charge in [0.2, 0.25) is 0 Å². The molecule has 0 aromatic heterocycles. The molecule has 2 nitrogen and oxygen atoms in total. The van der Waals surface area contributed by atoms with Crippen molar-refractivity contribution in [3.63, 3.8) is 0 Å². The van der Waals surface area contributed by atoms with Crippen LogP contribution in [0.25, 0.3) is 0 Å². The molecule has 1 N–H and O–H groups in total. The molecule has 2 rings (SSSR count). The van der Waals surface area contributed by atoms with Crippen LogP contribution >= 0.6 is 11.6 Å². The van der Waals surface area contributed by atoms with Crippen LogP contribution in [0.5, 0.6) is 0 Å². The molecule has 1 aliphatic heterocycles. The van der Waals surface area contributed by atoms with Gasteiger partial charge in [-0.15, -0.1) is 0 Å². The van der Waals surface area contributed by atoms with E-state index in [4.69, 9.17) is 16.3 Å². The second-order valence-corrected chi connectivity index (χ2v) is 5.98. The molecule has 2 atom stereocenters. The molecule has 1 fully saturated rings. The molecule has 112 valence electrons. The molecule has 1 aliphatic rings. The molecule has 1 aromatic carbocycles. The van der Waals surface area contributed by atoms with Gasteiger partial charge in [0.15, 0.2) is 0 Å². The quantitative estimate of drug-likeness (QED) is 0.826. The maximum atomic E-state index is 13.5. The molecule has 0 saturated carbocycles. The van der Waals surface area contributed by atoms with Gasteiger partial charge >= 0.3 is 0 Å². The summed E-state index contributed by atoms with van der Waals surface area (Å²) in [5.41, 5.74) is 0.999. The first-order valence-corrected chi connectivity index (χ1v) is 7.82. The Kier molecular flexibility index (Phi) is 6.27. The highest BCUT2D eigenvalue weighted by atomic mass is 35.5. The molecular formula is C16H23ClFNO. The largest absolute Gasteiger partial charge is 0.381 e. The van der Waals surface area contributed by atoms with Crippen molar-refractivity contribution in [3.05, 3.63) is 34.6 Å². The molecule has 20 heavy (non-hydrogen) atoms. The third kappa shape index (κ3) is 4.72. The van der Waals surface area contributed by atoms with Crippen molar-refractivity contribution in [2.45, 2.75) is 38.6 Å². The molecule has 0 aliphatic carbocycles. The number of rotatable bonds is 7. The molecule has 1 heterocycles. The lowest BCUT2D eigenvalue weighted by atomic mass is 9.94. The van der Waals surface area contributed by atoms with E-state index in [-0.39, 0.29) is 10.8 Å². The van der Waals surface area contributed by atoms with Crippen LogP contribution in [0.15, 0.2) is 18.2 Å². The van der Waals surface area contributed by atoms with Crippen LogP contribution < -0.4 is 5.32 Å². The Morgan fingerprint density at radius 2 is 2.35 bits per heavy atom. The molecule has 2 unspecified atom stereocenters. The normalized spacial score (nSPS) is 20.2. The maximum absolute atomic E-state index is 13.5. The number of hydrogen-bond donors (Lipinski definition) is 1. The van der Waals surface area contributed by atoms with E-state index in [2.05, 4.69) is 12.2 Å². The van der Waals surface area contributed by atoms with Crippen LogP contribution in [0, 0.1) is 11.7 Å². The monoisotopic (exact) mass is 299 g/mol. The van der Waals surface area contributed by atoms with Gasteiger partial charge in [-0.3, -0.25) is 0 Å². The fourth-order valence-corrected chi connectivity index (χ4v) is 2.83. The molecule has 4 heteroatoms. The van der Waals surface area contributed by atoms with E-state index < -0.39 is 0 Å². The Morgan fingerprint density at radius 1 is 1.50 bits per heavy atom. The average Bonchev–Trinajstić information content (AvgIpc) is 2.93. The standard InChI is InChI=1S/C16H23ClFNO/c1-2-6-19-14(9-13-5-7-20-11-13)8-12-3-4-15(17)16(18)10-12/h3-4,10,13-14,19H,2,5-9,11H2,1H3. The van der Waals surface area contributed by atoms with Crippen LogP contribution in [0.4, 0.5) is 4.39 Å². The lowest BCUT2D eigenvalue weighted by molar-refractivity contribution is 0.181. The third-order valence-electron chi connectivity index (χ3n) is 3.79. The first-order chi connectivity index (χ1) is 9.69. The SMILES string of the molecule is CCCNC(Cc1ccc(Cl)c(F)c1)CC1CCOC1. The highest BCUT2D eigenvalue weighted by Crippen LogP contribution is 2.22. The Hall–Kier alpha value is -0.640. The van der Waals surface area contributed by atoms with Gasteiger partial charge < -0.3 is 10.1 Å². The van der Waals surface area contributed by atoms with E-state index in [1.165, 1.54) is 0 Å². The van der Waals surface area contributed by atoms with Gasteiger partial charge in [0.05, 0.1) is 5.02 Å². The summed E-state index contributed by atoms with van der Waals surface area (Å²) >= 11 is 5.73. The van der Waals surface area contributed by atoms with E-state index in [0.29, 0.717) is 12.0 Å². The first-order valence-electron chi connectivity index (χ1n) is 7.44. The van der Waals surface area contributed by atoms with Crippen molar-refractivity contribution >= 4 is 11.6 Å². The van der Waals surface area contributed by atoms with Gasteiger partial charge in [0.1, 0.15) is 5.82 Å². The van der Waals surface area contributed by atoms with E-state index >= 15 is 0 Å². The summed E-state index contributed by atoms with van der Waals surface area (Å²) in [4.78, 5) is 0. The van der Waals surface area contributed by atoms with E-state index in [9.17, 15) is 4.39 Å². The molecule has 0 bridgehead atoms. The highest BCUT2D eigenvalue weighted by Gasteiger charge is 2.21. The molecule has 0 radical (unpaired) electrons. The lowest BCUT2D eigenvalue weighted by Gasteiger charge is -2.21. The molecule has 1 saturated heterocycles. The third-order valence-corrected chi connectivity index (χ3v) is 4.10. The van der Waals surface area contributed by atoms with E-state index in [0.717, 1.165) is 51.0 Å². The van der Waals surface area contributed by atoms with Crippen LogP contribution in [0.2, 0.25) is 5.02 Å². The fraction of sp³-hybridized carbons (Fsp3) is 0.625. The van der Waals surface area contributed by atoms with Crippen molar-refractivity contribution in [3.8, 4) is 0 Å². The van der Waals surface area contributed by atoms with Gasteiger partial charge in [-0.25, -0.2) is 4.39 Å². The number of nitrogens with one attached hydrogen (secondary N) is 1. The number of halogens is 2. The second-order valence-electron chi connectivity index (χ2n) is 5.57. The van der Waals surface area contributed by atoms with Crippen molar-refractivity contribution < 1.29 is 9.13 Å². The predicted octanol–water partition coefficient (Wildman–Crippen LogP) is 3.82. The second kappa shape index (κ2) is 7.96. The van der Waals surface area contributed by atoms with Crippen molar-refractivity contribution in [1.29, 1.82) is 0 Å². The molecule has 0 amide bonds. The fourth-order valence-electron chi connectivity index (χ4n) is 2.71. The number of hydrogen-bond acceptors (Lipinski definition) is 2. The Labute approximate surface area is 125 Å². The molecule has 0 spiro atoms. The summed E-state index contributed by atoms with van der Waals surface area (Å²) in [5.74, 6) is 0.295. The van der Waals surface area contributed by atoms with Gasteiger partial charge in [0, 0.05) is 19.3 Å². The van der Waals surface area contributed by atoms with Gasteiger partial charge in [-0.05, 0) is 55.8 Å². The van der Waals surface area contributed by atoms with Crippen LogP contribution in [-0.4, -0.2) is 25.8 Å².